The maximum atomic E-state index is 5.75. The van der Waals surface area contributed by atoms with E-state index < -0.39 is 0 Å². The zero-order valence-electron chi connectivity index (χ0n) is 12.9. The van der Waals surface area contributed by atoms with Gasteiger partial charge in [0.1, 0.15) is 11.6 Å². The molecule has 2 unspecified atom stereocenters. The van der Waals surface area contributed by atoms with Crippen molar-refractivity contribution >= 4 is 11.6 Å². The van der Waals surface area contributed by atoms with E-state index in [9.17, 15) is 0 Å². The van der Waals surface area contributed by atoms with Crippen molar-refractivity contribution in [1.29, 1.82) is 0 Å². The fourth-order valence-corrected chi connectivity index (χ4v) is 2.57. The van der Waals surface area contributed by atoms with Crippen LogP contribution in [0.3, 0.4) is 0 Å². The second-order valence-electron chi connectivity index (χ2n) is 5.91. The minimum Gasteiger partial charge on any atom is -0.378 e. The molecule has 112 valence electrons. The lowest BCUT2D eigenvalue weighted by atomic mass is 9.64. The number of nitrogens with one attached hydrogen (secondary N) is 2. The SMILES string of the molecule is CCCNc1cncc(NC2CC(OCC)C2(C)C)n1. The highest BCUT2D eigenvalue weighted by Crippen LogP contribution is 2.44. The van der Waals surface area contributed by atoms with Crippen molar-refractivity contribution in [2.24, 2.45) is 5.41 Å². The molecule has 20 heavy (non-hydrogen) atoms. The predicted octanol–water partition coefficient (Wildman–Crippen LogP) is 2.91. The molecule has 0 spiro atoms. The molecular weight excluding hydrogens is 252 g/mol. The van der Waals surface area contributed by atoms with Gasteiger partial charge in [-0.15, -0.1) is 0 Å². The Hall–Kier alpha value is -1.36. The van der Waals surface area contributed by atoms with Gasteiger partial charge in [-0.3, -0.25) is 4.98 Å². The summed E-state index contributed by atoms with van der Waals surface area (Å²) in [5.74, 6) is 1.66. The zero-order chi connectivity index (χ0) is 14.6. The molecular formula is C15H26N4O. The van der Waals surface area contributed by atoms with Gasteiger partial charge in [-0.2, -0.15) is 0 Å². The average molecular weight is 278 g/mol. The average Bonchev–Trinajstić information content (AvgIpc) is 2.44. The van der Waals surface area contributed by atoms with E-state index in [0.717, 1.165) is 37.6 Å². The van der Waals surface area contributed by atoms with E-state index >= 15 is 0 Å². The second-order valence-corrected chi connectivity index (χ2v) is 5.91. The van der Waals surface area contributed by atoms with Crippen LogP contribution < -0.4 is 10.6 Å². The first-order valence-electron chi connectivity index (χ1n) is 7.52. The van der Waals surface area contributed by atoms with Crippen LogP contribution in [0.2, 0.25) is 0 Å². The first-order valence-corrected chi connectivity index (χ1v) is 7.52. The van der Waals surface area contributed by atoms with Gasteiger partial charge >= 0.3 is 0 Å². The lowest BCUT2D eigenvalue weighted by molar-refractivity contribution is -0.0976. The van der Waals surface area contributed by atoms with E-state index in [-0.39, 0.29) is 5.41 Å². The Bertz CT molecular complexity index is 436. The minimum absolute atomic E-state index is 0.130. The zero-order valence-corrected chi connectivity index (χ0v) is 12.9. The summed E-state index contributed by atoms with van der Waals surface area (Å²) in [4.78, 5) is 8.78. The summed E-state index contributed by atoms with van der Waals surface area (Å²) in [5, 5.41) is 6.74. The molecule has 1 aliphatic carbocycles. The highest BCUT2D eigenvalue weighted by molar-refractivity contribution is 5.43. The van der Waals surface area contributed by atoms with Crippen molar-refractivity contribution in [2.45, 2.75) is 52.7 Å². The molecule has 0 amide bonds. The largest absolute Gasteiger partial charge is 0.378 e. The Balaban J connectivity index is 1.94. The summed E-state index contributed by atoms with van der Waals surface area (Å²) in [6.45, 7) is 10.3. The van der Waals surface area contributed by atoms with Gasteiger partial charge in [0, 0.05) is 24.6 Å². The number of hydrogen-bond donors (Lipinski definition) is 2. The van der Waals surface area contributed by atoms with Gasteiger partial charge in [0.15, 0.2) is 0 Å². The summed E-state index contributed by atoms with van der Waals surface area (Å²) in [6.07, 6.45) is 5.97. The third kappa shape index (κ3) is 3.20. The molecule has 1 fully saturated rings. The van der Waals surface area contributed by atoms with Crippen LogP contribution >= 0.6 is 0 Å². The monoisotopic (exact) mass is 278 g/mol. The highest BCUT2D eigenvalue weighted by Gasteiger charge is 2.49. The van der Waals surface area contributed by atoms with Crippen molar-refractivity contribution in [1.82, 2.24) is 9.97 Å². The van der Waals surface area contributed by atoms with Crippen LogP contribution in [0.15, 0.2) is 12.4 Å². The van der Waals surface area contributed by atoms with Crippen LogP contribution in [-0.2, 0) is 4.74 Å². The third-order valence-electron chi connectivity index (χ3n) is 4.06. The first kappa shape index (κ1) is 15.0. The minimum atomic E-state index is 0.130. The van der Waals surface area contributed by atoms with E-state index in [0.29, 0.717) is 12.1 Å². The molecule has 1 aliphatic rings. The number of anilines is 2. The molecule has 2 rings (SSSR count). The van der Waals surface area contributed by atoms with E-state index in [4.69, 9.17) is 4.74 Å². The topological polar surface area (TPSA) is 59.1 Å². The molecule has 1 heterocycles. The molecule has 1 aromatic rings. The summed E-state index contributed by atoms with van der Waals surface area (Å²) in [5.41, 5.74) is 0.130. The van der Waals surface area contributed by atoms with Crippen LogP contribution in [-0.4, -0.2) is 35.3 Å². The molecule has 0 radical (unpaired) electrons. The Morgan fingerprint density at radius 2 is 2.05 bits per heavy atom. The summed E-state index contributed by atoms with van der Waals surface area (Å²) in [7, 11) is 0. The molecule has 1 saturated carbocycles. The van der Waals surface area contributed by atoms with Crippen LogP contribution in [0.1, 0.15) is 40.5 Å². The number of hydrogen-bond acceptors (Lipinski definition) is 5. The second kappa shape index (κ2) is 6.39. The van der Waals surface area contributed by atoms with Gasteiger partial charge in [0.25, 0.3) is 0 Å². The van der Waals surface area contributed by atoms with Gasteiger partial charge in [-0.1, -0.05) is 20.8 Å². The lowest BCUT2D eigenvalue weighted by Gasteiger charge is -2.51. The highest BCUT2D eigenvalue weighted by atomic mass is 16.5. The van der Waals surface area contributed by atoms with Crippen LogP contribution in [0, 0.1) is 5.41 Å². The normalized spacial score (nSPS) is 24.0. The summed E-state index contributed by atoms with van der Waals surface area (Å²) in [6, 6.07) is 0.384. The van der Waals surface area contributed by atoms with Crippen LogP contribution in [0.25, 0.3) is 0 Å². The van der Waals surface area contributed by atoms with Crippen LogP contribution in [0.4, 0.5) is 11.6 Å². The number of aromatic nitrogens is 2. The van der Waals surface area contributed by atoms with Gasteiger partial charge < -0.3 is 15.4 Å². The Kier molecular flexibility index (Phi) is 4.81. The maximum absolute atomic E-state index is 5.75. The Morgan fingerprint density at radius 1 is 1.30 bits per heavy atom. The van der Waals surface area contributed by atoms with Crippen molar-refractivity contribution in [3.63, 3.8) is 0 Å². The Labute approximate surface area is 121 Å². The van der Waals surface area contributed by atoms with E-state index in [1.807, 2.05) is 6.92 Å². The first-order chi connectivity index (χ1) is 9.57. The molecule has 0 bridgehead atoms. The van der Waals surface area contributed by atoms with E-state index in [2.05, 4.69) is 41.4 Å². The fraction of sp³-hybridized carbons (Fsp3) is 0.733. The molecule has 0 aromatic carbocycles. The van der Waals surface area contributed by atoms with Gasteiger partial charge in [0.05, 0.1) is 18.5 Å². The standard InChI is InChI=1S/C15H26N4O/c1-5-7-17-13-9-16-10-14(19-13)18-11-8-12(20-6-2)15(11,3)4/h9-12H,5-8H2,1-4H3,(H2,17,18,19). The smallest absolute Gasteiger partial charge is 0.147 e. The summed E-state index contributed by atoms with van der Waals surface area (Å²) < 4.78 is 5.75. The molecule has 2 N–H and O–H groups in total. The maximum Gasteiger partial charge on any atom is 0.147 e. The molecule has 0 saturated heterocycles. The third-order valence-corrected chi connectivity index (χ3v) is 4.06. The van der Waals surface area contributed by atoms with Gasteiger partial charge in [-0.05, 0) is 19.8 Å². The van der Waals surface area contributed by atoms with Crippen LogP contribution in [0.5, 0.6) is 0 Å². The molecule has 1 aromatic heterocycles. The fourth-order valence-electron chi connectivity index (χ4n) is 2.57. The molecule has 2 atom stereocenters. The van der Waals surface area contributed by atoms with Gasteiger partial charge in [-0.25, -0.2) is 4.98 Å². The van der Waals surface area contributed by atoms with Gasteiger partial charge in [0.2, 0.25) is 0 Å². The predicted molar refractivity (Wildman–Crippen MR) is 82.0 cm³/mol. The Morgan fingerprint density at radius 3 is 2.70 bits per heavy atom. The quantitative estimate of drug-likeness (QED) is 0.803. The van der Waals surface area contributed by atoms with E-state index in [1.54, 1.807) is 12.4 Å². The van der Waals surface area contributed by atoms with Crippen molar-refractivity contribution in [3.05, 3.63) is 12.4 Å². The number of nitrogens with zero attached hydrogens (tertiary/aromatic N) is 2. The van der Waals surface area contributed by atoms with Crippen molar-refractivity contribution in [2.75, 3.05) is 23.8 Å². The van der Waals surface area contributed by atoms with Crippen molar-refractivity contribution < 1.29 is 4.74 Å². The van der Waals surface area contributed by atoms with E-state index in [1.165, 1.54) is 0 Å². The molecule has 5 heteroatoms. The lowest BCUT2D eigenvalue weighted by Crippen LogP contribution is -2.58. The summed E-state index contributed by atoms with van der Waals surface area (Å²) >= 11 is 0. The van der Waals surface area contributed by atoms with Crippen molar-refractivity contribution in [3.8, 4) is 0 Å². The molecule has 5 nitrogen and oxygen atoms in total. The number of ether oxygens (including phenoxy) is 1. The molecule has 0 aliphatic heterocycles. The number of rotatable bonds is 7.